The lowest BCUT2D eigenvalue weighted by molar-refractivity contribution is -0.150. The van der Waals surface area contributed by atoms with Crippen LogP contribution < -0.4 is 0 Å². The zero-order valence-corrected chi connectivity index (χ0v) is 17.7. The fraction of sp³-hybridized carbons (Fsp3) is 0.750. The highest BCUT2D eigenvalue weighted by molar-refractivity contribution is 6.74. The summed E-state index contributed by atoms with van der Waals surface area (Å²) in [5.41, 5.74) is 0. The van der Waals surface area contributed by atoms with Gasteiger partial charge >= 0.3 is 5.97 Å². The van der Waals surface area contributed by atoms with Gasteiger partial charge in [-0.15, -0.1) is 13.2 Å². The quantitative estimate of drug-likeness (QED) is 0.186. The molecule has 24 heavy (non-hydrogen) atoms. The van der Waals surface area contributed by atoms with Crippen LogP contribution in [0.25, 0.3) is 0 Å². The van der Waals surface area contributed by atoms with Gasteiger partial charge < -0.3 is 9.16 Å². The Bertz CT molecular complexity index is 396. The molecule has 0 saturated heterocycles. The van der Waals surface area contributed by atoms with E-state index in [1.807, 2.05) is 12.2 Å². The monoisotopic (exact) mass is 354 g/mol. The molecule has 0 rings (SSSR count). The Morgan fingerprint density at radius 1 is 1.25 bits per heavy atom. The number of rotatable bonds is 12. The van der Waals surface area contributed by atoms with E-state index in [9.17, 15) is 4.79 Å². The summed E-state index contributed by atoms with van der Waals surface area (Å²) < 4.78 is 12.1. The van der Waals surface area contributed by atoms with Gasteiger partial charge in [-0.25, -0.2) is 0 Å². The second-order valence-corrected chi connectivity index (χ2v) is 12.7. The van der Waals surface area contributed by atoms with Crippen LogP contribution in [0, 0.1) is 0 Å². The maximum absolute atomic E-state index is 12.0. The Balaban J connectivity index is 4.73. The van der Waals surface area contributed by atoms with Gasteiger partial charge in [0, 0.05) is 12.8 Å². The van der Waals surface area contributed by atoms with Gasteiger partial charge in [-0.3, -0.25) is 4.79 Å². The Labute approximate surface area is 150 Å². The van der Waals surface area contributed by atoms with Gasteiger partial charge in [-0.05, 0) is 37.4 Å². The summed E-state index contributed by atoms with van der Waals surface area (Å²) in [6.07, 6.45) is 8.15. The second kappa shape index (κ2) is 10.9. The van der Waals surface area contributed by atoms with Gasteiger partial charge in [0.15, 0.2) is 8.32 Å². The Morgan fingerprint density at radius 3 is 2.33 bits per heavy atom. The third-order valence-electron chi connectivity index (χ3n) is 4.71. The summed E-state index contributed by atoms with van der Waals surface area (Å²) in [4.78, 5) is 12.0. The largest absolute Gasteiger partial charge is 0.462 e. The molecule has 0 unspecified atom stereocenters. The van der Waals surface area contributed by atoms with E-state index in [1.54, 1.807) is 0 Å². The highest BCUT2D eigenvalue weighted by Gasteiger charge is 2.39. The molecule has 0 radical (unpaired) electrons. The molecule has 0 aliphatic heterocycles. The molecule has 0 aliphatic carbocycles. The van der Waals surface area contributed by atoms with Gasteiger partial charge in [-0.1, -0.05) is 46.3 Å². The van der Waals surface area contributed by atoms with Crippen LogP contribution >= 0.6 is 0 Å². The number of hydrogen-bond donors (Lipinski definition) is 0. The SMILES string of the molecule is C=CCCCC(=O)O[C@H](CCC)C[C@H](C=C)O[Si](C)(C)C(C)(C)C. The number of esters is 1. The standard InChI is InChI=1S/C20H38O3Si/c1-9-12-13-15-19(21)22-18(14-10-2)16-17(11-3)23-24(7,8)20(4,5)6/h9,11,17-18H,1,3,10,12-16H2,2,4-8H3/t17-,18+/m0/s1. The fourth-order valence-electron chi connectivity index (χ4n) is 2.19. The van der Waals surface area contributed by atoms with Crippen molar-refractivity contribution in [3.63, 3.8) is 0 Å². The van der Waals surface area contributed by atoms with Crippen molar-refractivity contribution in [2.75, 3.05) is 0 Å². The van der Waals surface area contributed by atoms with Crippen LogP contribution in [-0.2, 0) is 14.0 Å². The molecule has 0 aromatic rings. The zero-order valence-electron chi connectivity index (χ0n) is 16.7. The molecule has 3 nitrogen and oxygen atoms in total. The summed E-state index contributed by atoms with van der Waals surface area (Å²) >= 11 is 0. The van der Waals surface area contributed by atoms with Crippen LogP contribution in [0.4, 0.5) is 0 Å². The number of carbonyl (C=O) groups excluding carboxylic acids is 1. The molecule has 0 aliphatic rings. The first-order chi connectivity index (χ1) is 11.1. The first-order valence-corrected chi connectivity index (χ1v) is 12.1. The van der Waals surface area contributed by atoms with Crippen molar-refractivity contribution in [3.8, 4) is 0 Å². The number of allylic oxidation sites excluding steroid dienone is 1. The summed E-state index contributed by atoms with van der Waals surface area (Å²) in [6, 6.07) is 0. The summed E-state index contributed by atoms with van der Waals surface area (Å²) in [7, 11) is -1.87. The van der Waals surface area contributed by atoms with E-state index >= 15 is 0 Å². The topological polar surface area (TPSA) is 35.5 Å². The van der Waals surface area contributed by atoms with E-state index in [2.05, 4.69) is 53.9 Å². The summed E-state index contributed by atoms with van der Waals surface area (Å²) in [6.45, 7) is 20.9. The van der Waals surface area contributed by atoms with Crippen LogP contribution in [0.15, 0.2) is 25.3 Å². The molecule has 0 bridgehead atoms. The van der Waals surface area contributed by atoms with Gasteiger partial charge in [-0.2, -0.15) is 0 Å². The Kier molecular flexibility index (Phi) is 10.5. The van der Waals surface area contributed by atoms with Crippen molar-refractivity contribution < 1.29 is 14.0 Å². The molecule has 0 spiro atoms. The third kappa shape index (κ3) is 8.83. The minimum absolute atomic E-state index is 0.0663. The lowest BCUT2D eigenvalue weighted by atomic mass is 10.1. The minimum atomic E-state index is -1.87. The molecule has 0 aromatic carbocycles. The highest BCUT2D eigenvalue weighted by atomic mass is 28.4. The van der Waals surface area contributed by atoms with Gasteiger partial charge in [0.1, 0.15) is 6.10 Å². The van der Waals surface area contributed by atoms with Crippen LogP contribution in [-0.4, -0.2) is 26.5 Å². The molecule has 0 amide bonds. The average molecular weight is 355 g/mol. The van der Waals surface area contributed by atoms with Gasteiger partial charge in [0.25, 0.3) is 0 Å². The summed E-state index contributed by atoms with van der Waals surface area (Å²) in [5, 5.41) is 0.149. The maximum atomic E-state index is 12.0. The first-order valence-electron chi connectivity index (χ1n) is 9.18. The lowest BCUT2D eigenvalue weighted by Crippen LogP contribution is -2.44. The van der Waals surface area contributed by atoms with E-state index in [1.165, 1.54) is 0 Å². The number of carbonyl (C=O) groups is 1. The molecule has 0 N–H and O–H groups in total. The van der Waals surface area contributed by atoms with Crippen LogP contribution in [0.2, 0.25) is 18.1 Å². The molecule has 0 fully saturated rings. The average Bonchev–Trinajstić information content (AvgIpc) is 2.45. The van der Waals surface area contributed by atoms with E-state index in [-0.39, 0.29) is 23.2 Å². The second-order valence-electron chi connectivity index (χ2n) is 7.97. The Hall–Kier alpha value is -0.873. The highest BCUT2D eigenvalue weighted by Crippen LogP contribution is 2.38. The van der Waals surface area contributed by atoms with Crippen LogP contribution in [0.5, 0.6) is 0 Å². The van der Waals surface area contributed by atoms with Crippen LogP contribution in [0.1, 0.15) is 66.2 Å². The van der Waals surface area contributed by atoms with Crippen molar-refractivity contribution in [2.24, 2.45) is 0 Å². The van der Waals surface area contributed by atoms with Gasteiger partial charge in [0.05, 0.1) is 6.10 Å². The normalized spacial score (nSPS) is 14.8. The molecule has 0 heterocycles. The van der Waals surface area contributed by atoms with Gasteiger partial charge in [0.2, 0.25) is 0 Å². The molecule has 2 atom stereocenters. The van der Waals surface area contributed by atoms with Crippen molar-refractivity contribution in [1.29, 1.82) is 0 Å². The number of hydrogen-bond acceptors (Lipinski definition) is 3. The van der Waals surface area contributed by atoms with E-state index in [0.717, 1.165) is 25.7 Å². The first kappa shape index (κ1) is 23.1. The number of ether oxygens (including phenoxy) is 1. The third-order valence-corrected chi connectivity index (χ3v) is 9.21. The van der Waals surface area contributed by atoms with Crippen molar-refractivity contribution in [1.82, 2.24) is 0 Å². The predicted octanol–water partition coefficient (Wildman–Crippen LogP) is 6.02. The van der Waals surface area contributed by atoms with E-state index in [0.29, 0.717) is 12.8 Å². The minimum Gasteiger partial charge on any atom is -0.462 e. The van der Waals surface area contributed by atoms with Crippen LogP contribution in [0.3, 0.4) is 0 Å². The molecule has 0 aromatic heterocycles. The maximum Gasteiger partial charge on any atom is 0.306 e. The molecular formula is C20H38O3Si. The lowest BCUT2D eigenvalue weighted by Gasteiger charge is -2.39. The zero-order chi connectivity index (χ0) is 18.8. The molecule has 140 valence electrons. The van der Waals surface area contributed by atoms with E-state index in [4.69, 9.17) is 9.16 Å². The Morgan fingerprint density at radius 2 is 1.88 bits per heavy atom. The van der Waals surface area contributed by atoms with E-state index < -0.39 is 8.32 Å². The molecular weight excluding hydrogens is 316 g/mol. The number of unbranched alkanes of at least 4 members (excludes halogenated alkanes) is 1. The smallest absolute Gasteiger partial charge is 0.306 e. The van der Waals surface area contributed by atoms with Crippen molar-refractivity contribution in [2.45, 2.75) is 96.6 Å². The molecule has 4 heteroatoms. The predicted molar refractivity (Wildman–Crippen MR) is 106 cm³/mol. The van der Waals surface area contributed by atoms with Crippen molar-refractivity contribution in [3.05, 3.63) is 25.3 Å². The van der Waals surface area contributed by atoms with Crippen molar-refractivity contribution >= 4 is 14.3 Å². The fourth-order valence-corrected chi connectivity index (χ4v) is 3.49. The summed E-state index contributed by atoms with van der Waals surface area (Å²) in [5.74, 6) is -0.120. The molecule has 0 saturated carbocycles.